The van der Waals surface area contributed by atoms with Gasteiger partial charge >= 0.3 is 0 Å². The molecule has 4 heteroatoms. The minimum atomic E-state index is 0.417. The van der Waals surface area contributed by atoms with Gasteiger partial charge in [-0.2, -0.15) is 4.98 Å². The monoisotopic (exact) mass is 248 g/mol. The molecule has 88 valence electrons. The van der Waals surface area contributed by atoms with Crippen LogP contribution in [-0.4, -0.2) is 17.1 Å². The molecule has 0 N–H and O–H groups in total. The van der Waals surface area contributed by atoms with Gasteiger partial charge in [-0.3, -0.25) is 0 Å². The predicted molar refractivity (Wildman–Crippen MR) is 67.4 cm³/mol. The van der Waals surface area contributed by atoms with Crippen molar-refractivity contribution < 1.29 is 4.74 Å². The summed E-state index contributed by atoms with van der Waals surface area (Å²) < 4.78 is 5.05. The van der Waals surface area contributed by atoms with Gasteiger partial charge < -0.3 is 4.74 Å². The fourth-order valence-corrected chi connectivity index (χ4v) is 1.75. The molecule has 0 aliphatic rings. The molecule has 0 radical (unpaired) electrons. The molecule has 0 saturated carbocycles. The minimum absolute atomic E-state index is 0.417. The van der Waals surface area contributed by atoms with Gasteiger partial charge in [-0.15, -0.1) is 0 Å². The second-order valence-electron chi connectivity index (χ2n) is 3.63. The molecule has 0 saturated heterocycles. The van der Waals surface area contributed by atoms with E-state index in [0.29, 0.717) is 16.9 Å². The van der Waals surface area contributed by atoms with E-state index in [1.54, 1.807) is 13.2 Å². The third kappa shape index (κ3) is 3.43. The van der Waals surface area contributed by atoms with Gasteiger partial charge in [-0.05, 0) is 12.0 Å². The maximum atomic E-state index is 5.88. The number of methoxy groups -OCH3 is 1. The molecular formula is C13H13ClN2O. The SMILES string of the molecule is COc1cc(Cl)nc(CCc2ccccc2)n1. The lowest BCUT2D eigenvalue weighted by molar-refractivity contribution is 0.394. The Morgan fingerprint density at radius 3 is 2.59 bits per heavy atom. The normalized spacial score (nSPS) is 10.2. The lowest BCUT2D eigenvalue weighted by Crippen LogP contribution is -2.00. The van der Waals surface area contributed by atoms with Crippen molar-refractivity contribution in [2.45, 2.75) is 12.8 Å². The summed E-state index contributed by atoms with van der Waals surface area (Å²) in [6.07, 6.45) is 1.64. The third-order valence-corrected chi connectivity index (χ3v) is 2.60. The largest absolute Gasteiger partial charge is 0.481 e. The molecule has 1 aromatic heterocycles. The maximum Gasteiger partial charge on any atom is 0.217 e. The van der Waals surface area contributed by atoms with Crippen molar-refractivity contribution in [3.63, 3.8) is 0 Å². The Labute approximate surface area is 105 Å². The van der Waals surface area contributed by atoms with Crippen LogP contribution in [0.3, 0.4) is 0 Å². The van der Waals surface area contributed by atoms with Crippen LogP contribution >= 0.6 is 11.6 Å². The number of ether oxygens (including phenoxy) is 1. The summed E-state index contributed by atoms with van der Waals surface area (Å²) in [6.45, 7) is 0. The number of hydrogen-bond donors (Lipinski definition) is 0. The molecule has 0 aliphatic heterocycles. The highest BCUT2D eigenvalue weighted by molar-refractivity contribution is 6.29. The van der Waals surface area contributed by atoms with Crippen molar-refractivity contribution in [3.8, 4) is 5.88 Å². The number of benzene rings is 1. The average molecular weight is 249 g/mol. The topological polar surface area (TPSA) is 35.0 Å². The first kappa shape index (κ1) is 11.9. The van der Waals surface area contributed by atoms with E-state index < -0.39 is 0 Å². The standard InChI is InChI=1S/C13H13ClN2O/c1-17-13-9-11(14)15-12(16-13)8-7-10-5-3-2-4-6-10/h2-6,9H,7-8H2,1H3. The van der Waals surface area contributed by atoms with E-state index in [1.165, 1.54) is 5.56 Å². The zero-order valence-electron chi connectivity index (χ0n) is 9.56. The van der Waals surface area contributed by atoms with Gasteiger partial charge in [0, 0.05) is 12.5 Å². The molecule has 0 spiro atoms. The molecule has 0 aliphatic carbocycles. The second kappa shape index (κ2) is 5.64. The summed E-state index contributed by atoms with van der Waals surface area (Å²) in [7, 11) is 1.57. The van der Waals surface area contributed by atoms with E-state index in [4.69, 9.17) is 16.3 Å². The van der Waals surface area contributed by atoms with Gasteiger partial charge in [0.05, 0.1) is 7.11 Å². The Balaban J connectivity index is 2.06. The van der Waals surface area contributed by atoms with Crippen molar-refractivity contribution in [1.82, 2.24) is 9.97 Å². The van der Waals surface area contributed by atoms with E-state index in [0.717, 1.165) is 12.8 Å². The van der Waals surface area contributed by atoms with Gasteiger partial charge in [0.15, 0.2) is 0 Å². The quantitative estimate of drug-likeness (QED) is 0.781. The molecular weight excluding hydrogens is 236 g/mol. The molecule has 2 aromatic rings. The molecule has 17 heavy (non-hydrogen) atoms. The zero-order valence-corrected chi connectivity index (χ0v) is 10.3. The lowest BCUT2D eigenvalue weighted by atomic mass is 10.1. The van der Waals surface area contributed by atoms with Crippen LogP contribution in [0.15, 0.2) is 36.4 Å². The highest BCUT2D eigenvalue weighted by Crippen LogP contribution is 2.14. The molecule has 3 nitrogen and oxygen atoms in total. The van der Waals surface area contributed by atoms with Crippen LogP contribution in [0, 0.1) is 0 Å². The highest BCUT2D eigenvalue weighted by atomic mass is 35.5. The van der Waals surface area contributed by atoms with Crippen LogP contribution in [0.2, 0.25) is 5.15 Å². The summed E-state index contributed by atoms with van der Waals surface area (Å²) in [5.74, 6) is 1.21. The van der Waals surface area contributed by atoms with E-state index >= 15 is 0 Å². The molecule has 0 atom stereocenters. The number of hydrogen-bond acceptors (Lipinski definition) is 3. The fraction of sp³-hybridized carbons (Fsp3) is 0.231. The third-order valence-electron chi connectivity index (χ3n) is 2.41. The number of aromatic nitrogens is 2. The number of aryl methyl sites for hydroxylation is 2. The van der Waals surface area contributed by atoms with Gasteiger partial charge in [-0.1, -0.05) is 41.9 Å². The van der Waals surface area contributed by atoms with E-state index in [-0.39, 0.29) is 0 Å². The summed E-state index contributed by atoms with van der Waals surface area (Å²) in [6, 6.07) is 11.8. The average Bonchev–Trinajstić information content (AvgIpc) is 2.37. The Bertz CT molecular complexity index is 488. The van der Waals surface area contributed by atoms with Crippen LogP contribution < -0.4 is 4.74 Å². The molecule has 0 bridgehead atoms. The van der Waals surface area contributed by atoms with Crippen molar-refractivity contribution in [2.75, 3.05) is 7.11 Å². The highest BCUT2D eigenvalue weighted by Gasteiger charge is 2.03. The molecule has 0 fully saturated rings. The molecule has 1 aromatic carbocycles. The number of nitrogens with zero attached hydrogens (tertiary/aromatic N) is 2. The van der Waals surface area contributed by atoms with Crippen molar-refractivity contribution in [2.24, 2.45) is 0 Å². The first-order valence-electron chi connectivity index (χ1n) is 5.39. The minimum Gasteiger partial charge on any atom is -0.481 e. The van der Waals surface area contributed by atoms with Gasteiger partial charge in [-0.25, -0.2) is 4.98 Å². The van der Waals surface area contributed by atoms with E-state index in [2.05, 4.69) is 22.1 Å². The van der Waals surface area contributed by atoms with E-state index in [9.17, 15) is 0 Å². The summed E-state index contributed by atoms with van der Waals surface area (Å²) in [4.78, 5) is 8.42. The second-order valence-corrected chi connectivity index (χ2v) is 4.02. The van der Waals surface area contributed by atoms with Gasteiger partial charge in [0.1, 0.15) is 11.0 Å². The Morgan fingerprint density at radius 2 is 1.88 bits per heavy atom. The van der Waals surface area contributed by atoms with Gasteiger partial charge in [0.2, 0.25) is 5.88 Å². The Morgan fingerprint density at radius 1 is 1.12 bits per heavy atom. The summed E-state index contributed by atoms with van der Waals surface area (Å²) >= 11 is 5.88. The molecule has 2 rings (SSSR count). The number of halogens is 1. The van der Waals surface area contributed by atoms with Crippen molar-refractivity contribution >= 4 is 11.6 Å². The van der Waals surface area contributed by atoms with E-state index in [1.807, 2.05) is 18.2 Å². The van der Waals surface area contributed by atoms with Crippen LogP contribution in [-0.2, 0) is 12.8 Å². The van der Waals surface area contributed by atoms with Crippen molar-refractivity contribution in [3.05, 3.63) is 52.9 Å². The zero-order chi connectivity index (χ0) is 12.1. The number of rotatable bonds is 4. The van der Waals surface area contributed by atoms with Crippen LogP contribution in [0.1, 0.15) is 11.4 Å². The smallest absolute Gasteiger partial charge is 0.217 e. The fourth-order valence-electron chi connectivity index (χ4n) is 1.56. The Hall–Kier alpha value is -1.61. The maximum absolute atomic E-state index is 5.88. The molecule has 0 amide bonds. The summed E-state index contributed by atoms with van der Waals surface area (Å²) in [5.41, 5.74) is 1.26. The van der Waals surface area contributed by atoms with Crippen molar-refractivity contribution in [1.29, 1.82) is 0 Å². The molecule has 1 heterocycles. The van der Waals surface area contributed by atoms with Crippen LogP contribution in [0.25, 0.3) is 0 Å². The van der Waals surface area contributed by atoms with Gasteiger partial charge in [0.25, 0.3) is 0 Å². The van der Waals surface area contributed by atoms with Crippen LogP contribution in [0.4, 0.5) is 0 Å². The first-order valence-corrected chi connectivity index (χ1v) is 5.77. The van der Waals surface area contributed by atoms with Crippen LogP contribution in [0.5, 0.6) is 5.88 Å². The predicted octanol–water partition coefficient (Wildman–Crippen LogP) is 2.92. The Kier molecular flexibility index (Phi) is 3.94. The first-order chi connectivity index (χ1) is 8.28. The lowest BCUT2D eigenvalue weighted by Gasteiger charge is -2.04. The molecule has 0 unspecified atom stereocenters. The summed E-state index contributed by atoms with van der Waals surface area (Å²) in [5, 5.41) is 0.417.